The molecule has 4 rings (SSSR count). The van der Waals surface area contributed by atoms with Gasteiger partial charge in [0, 0.05) is 19.0 Å². The Labute approximate surface area is 159 Å². The lowest BCUT2D eigenvalue weighted by Gasteiger charge is -2.14. The van der Waals surface area contributed by atoms with Crippen LogP contribution < -0.4 is 5.56 Å². The van der Waals surface area contributed by atoms with Gasteiger partial charge in [-0.3, -0.25) is 9.59 Å². The molecule has 1 aliphatic heterocycles. The number of halogens is 1. The van der Waals surface area contributed by atoms with Crippen LogP contribution in [0.1, 0.15) is 18.2 Å². The van der Waals surface area contributed by atoms with Crippen molar-refractivity contribution < 1.29 is 14.3 Å². The van der Waals surface area contributed by atoms with E-state index in [2.05, 4.69) is 21.5 Å². The molecule has 1 saturated heterocycles. The van der Waals surface area contributed by atoms with Crippen LogP contribution in [0.3, 0.4) is 0 Å². The molecule has 28 heavy (non-hydrogen) atoms. The molecule has 1 unspecified atom stereocenters. The summed E-state index contributed by atoms with van der Waals surface area (Å²) < 4.78 is 14.1. The number of aromatic amines is 1. The van der Waals surface area contributed by atoms with E-state index < -0.39 is 11.4 Å². The van der Waals surface area contributed by atoms with Gasteiger partial charge in [0.05, 0.1) is 16.8 Å². The van der Waals surface area contributed by atoms with Crippen LogP contribution in [0.25, 0.3) is 22.3 Å². The Balaban J connectivity index is 1.73. The number of fused-ring (bicyclic) bond motifs is 1. The van der Waals surface area contributed by atoms with E-state index in [-0.39, 0.29) is 34.3 Å². The first-order chi connectivity index (χ1) is 13.5. The number of rotatable bonds is 3. The lowest BCUT2D eigenvalue weighted by atomic mass is 10.1. The first-order valence-corrected chi connectivity index (χ1v) is 8.78. The van der Waals surface area contributed by atoms with E-state index in [1.165, 1.54) is 30.3 Å². The average molecular weight is 380 g/mol. The molecule has 3 aromatic rings. The highest BCUT2D eigenvalue weighted by Gasteiger charge is 2.28. The van der Waals surface area contributed by atoms with Crippen molar-refractivity contribution >= 4 is 16.9 Å². The van der Waals surface area contributed by atoms with Crippen molar-refractivity contribution in [2.45, 2.75) is 12.3 Å². The van der Waals surface area contributed by atoms with Gasteiger partial charge in [0.2, 0.25) is 5.91 Å². The van der Waals surface area contributed by atoms with E-state index in [9.17, 15) is 19.1 Å². The number of nitrogens with zero attached hydrogens (tertiary/aromatic N) is 3. The van der Waals surface area contributed by atoms with Gasteiger partial charge < -0.3 is 15.0 Å². The zero-order valence-electron chi connectivity index (χ0n) is 14.9. The van der Waals surface area contributed by atoms with Gasteiger partial charge in [-0.25, -0.2) is 14.4 Å². The fourth-order valence-corrected chi connectivity index (χ4v) is 3.45. The molecule has 7 nitrogen and oxygen atoms in total. The number of hydrogen-bond donors (Lipinski definition) is 2. The van der Waals surface area contributed by atoms with Gasteiger partial charge in [-0.05, 0) is 36.8 Å². The molecular formula is C20H17FN4O3. The minimum atomic E-state index is -0.634. The lowest BCUT2D eigenvalue weighted by molar-refractivity contribution is -0.125. The van der Waals surface area contributed by atoms with Crippen molar-refractivity contribution in [2.75, 3.05) is 13.1 Å². The molecule has 1 amide bonds. The summed E-state index contributed by atoms with van der Waals surface area (Å²) in [6.07, 6.45) is 1.95. The molecule has 2 aromatic heterocycles. The Bertz CT molecular complexity index is 1140. The summed E-state index contributed by atoms with van der Waals surface area (Å²) in [7, 11) is 0. The Morgan fingerprint density at radius 1 is 1.32 bits per heavy atom. The third-order valence-corrected chi connectivity index (χ3v) is 4.88. The van der Waals surface area contributed by atoms with Crippen LogP contribution in [0.5, 0.6) is 5.75 Å². The highest BCUT2D eigenvalue weighted by molar-refractivity contribution is 5.87. The number of phenols is 1. The molecule has 3 heterocycles. The number of nitrogens with one attached hydrogen (secondary N) is 1. The standard InChI is InChI=1S/C20H17FN4O3/c1-2-16(27)25-9-8-11(10-25)19-23-14-7-6-13(22-18(14)20(28)24-19)17-12(21)4-3-5-15(17)26/h2-7,11,26H,1,8-10H2,(H,23,24,28). The van der Waals surface area contributed by atoms with Gasteiger partial charge in [0.1, 0.15) is 17.4 Å². The van der Waals surface area contributed by atoms with Crippen molar-refractivity contribution in [2.24, 2.45) is 0 Å². The average Bonchev–Trinajstić information content (AvgIpc) is 3.18. The van der Waals surface area contributed by atoms with Crippen LogP contribution in [0.4, 0.5) is 4.39 Å². The third kappa shape index (κ3) is 3.02. The summed E-state index contributed by atoms with van der Waals surface area (Å²) in [4.78, 5) is 37.4. The molecule has 8 heteroatoms. The van der Waals surface area contributed by atoms with Crippen LogP contribution in [0.2, 0.25) is 0 Å². The van der Waals surface area contributed by atoms with Crippen LogP contribution in [0, 0.1) is 5.82 Å². The van der Waals surface area contributed by atoms with Crippen molar-refractivity contribution in [3.05, 3.63) is 65.0 Å². The smallest absolute Gasteiger partial charge is 0.277 e. The van der Waals surface area contributed by atoms with Gasteiger partial charge >= 0.3 is 0 Å². The van der Waals surface area contributed by atoms with Gasteiger partial charge in [0.15, 0.2) is 5.52 Å². The molecule has 142 valence electrons. The number of likely N-dealkylation sites (tertiary alicyclic amines) is 1. The van der Waals surface area contributed by atoms with E-state index in [1.54, 1.807) is 11.0 Å². The zero-order valence-corrected chi connectivity index (χ0v) is 14.9. The Morgan fingerprint density at radius 3 is 2.89 bits per heavy atom. The van der Waals surface area contributed by atoms with E-state index in [4.69, 9.17) is 0 Å². The second-order valence-electron chi connectivity index (χ2n) is 6.62. The normalized spacial score (nSPS) is 16.5. The number of benzene rings is 1. The summed E-state index contributed by atoms with van der Waals surface area (Å²) in [5.41, 5.74) is 0.0490. The molecule has 0 spiro atoms. The lowest BCUT2D eigenvalue weighted by Crippen LogP contribution is -2.27. The molecule has 1 aromatic carbocycles. The molecule has 0 radical (unpaired) electrons. The van der Waals surface area contributed by atoms with Crippen molar-refractivity contribution in [3.63, 3.8) is 0 Å². The second kappa shape index (κ2) is 6.88. The summed E-state index contributed by atoms with van der Waals surface area (Å²) in [5, 5.41) is 9.94. The topological polar surface area (TPSA) is 99.2 Å². The monoisotopic (exact) mass is 380 g/mol. The molecule has 1 atom stereocenters. The van der Waals surface area contributed by atoms with Crippen LogP contribution in [-0.4, -0.2) is 44.0 Å². The van der Waals surface area contributed by atoms with E-state index in [1.807, 2.05) is 0 Å². The second-order valence-corrected chi connectivity index (χ2v) is 6.62. The van der Waals surface area contributed by atoms with Crippen molar-refractivity contribution in [1.82, 2.24) is 19.9 Å². The summed E-state index contributed by atoms with van der Waals surface area (Å²) in [6.45, 7) is 4.51. The minimum absolute atomic E-state index is 0.0564. The maximum Gasteiger partial charge on any atom is 0.277 e. The highest BCUT2D eigenvalue weighted by atomic mass is 19.1. The largest absolute Gasteiger partial charge is 0.507 e. The fourth-order valence-electron chi connectivity index (χ4n) is 3.45. The van der Waals surface area contributed by atoms with Crippen LogP contribution in [-0.2, 0) is 4.79 Å². The summed E-state index contributed by atoms with van der Waals surface area (Å²) in [6, 6.07) is 7.04. The SMILES string of the molecule is C=CC(=O)N1CCC(c2nc3ccc(-c4c(O)cccc4F)nc3c(=O)[nH]2)C1. The Hall–Kier alpha value is -3.55. The summed E-state index contributed by atoms with van der Waals surface area (Å²) >= 11 is 0. The predicted octanol–water partition coefficient (Wildman–Crippen LogP) is 2.33. The van der Waals surface area contributed by atoms with Gasteiger partial charge in [0.25, 0.3) is 5.56 Å². The fraction of sp³-hybridized carbons (Fsp3) is 0.200. The molecule has 1 fully saturated rings. The van der Waals surface area contributed by atoms with E-state index in [0.29, 0.717) is 30.9 Å². The maximum atomic E-state index is 14.1. The number of phenolic OH excluding ortho intramolecular Hbond substituents is 1. The molecule has 0 saturated carbocycles. The van der Waals surface area contributed by atoms with Gasteiger partial charge in [-0.2, -0.15) is 0 Å². The number of carbonyl (C=O) groups is 1. The number of hydrogen-bond acceptors (Lipinski definition) is 5. The number of amides is 1. The number of H-pyrrole nitrogens is 1. The molecule has 0 aliphatic carbocycles. The number of aromatic hydroxyl groups is 1. The van der Waals surface area contributed by atoms with Crippen LogP contribution >= 0.6 is 0 Å². The molecular weight excluding hydrogens is 363 g/mol. The van der Waals surface area contributed by atoms with Crippen LogP contribution in [0.15, 0.2) is 47.8 Å². The van der Waals surface area contributed by atoms with Gasteiger partial charge in [-0.1, -0.05) is 12.6 Å². The number of aromatic nitrogens is 3. The Morgan fingerprint density at radius 2 is 2.14 bits per heavy atom. The van der Waals surface area contributed by atoms with Crippen molar-refractivity contribution in [1.29, 1.82) is 0 Å². The van der Waals surface area contributed by atoms with Crippen molar-refractivity contribution in [3.8, 4) is 17.0 Å². The predicted molar refractivity (Wildman–Crippen MR) is 101 cm³/mol. The quantitative estimate of drug-likeness (QED) is 0.680. The molecule has 1 aliphatic rings. The third-order valence-electron chi connectivity index (χ3n) is 4.88. The number of carbonyl (C=O) groups excluding carboxylic acids is 1. The minimum Gasteiger partial charge on any atom is -0.507 e. The van der Waals surface area contributed by atoms with Gasteiger partial charge in [-0.15, -0.1) is 0 Å². The maximum absolute atomic E-state index is 14.1. The summed E-state index contributed by atoms with van der Waals surface area (Å²) in [5.74, 6) is -0.644. The number of pyridine rings is 1. The Kier molecular flexibility index (Phi) is 4.38. The highest BCUT2D eigenvalue weighted by Crippen LogP contribution is 2.31. The zero-order chi connectivity index (χ0) is 19.8. The molecule has 0 bridgehead atoms. The van der Waals surface area contributed by atoms with E-state index in [0.717, 1.165) is 0 Å². The first-order valence-electron chi connectivity index (χ1n) is 8.78. The van der Waals surface area contributed by atoms with E-state index >= 15 is 0 Å². The molecule has 2 N–H and O–H groups in total. The first kappa shape index (κ1) is 17.8.